The second kappa shape index (κ2) is 4.23. The van der Waals surface area contributed by atoms with Gasteiger partial charge in [-0.05, 0) is 6.92 Å². The SMILES string of the molecule is CC(N)C(C)C(=O)Nc1ccn(C)n1. The van der Waals surface area contributed by atoms with Crippen LogP contribution in [0.25, 0.3) is 0 Å². The molecule has 78 valence electrons. The van der Waals surface area contributed by atoms with Crippen LogP contribution in [0.5, 0.6) is 0 Å². The normalized spacial score (nSPS) is 14.9. The minimum atomic E-state index is -0.211. The molecule has 0 aliphatic heterocycles. The maximum absolute atomic E-state index is 11.5. The third-order valence-electron chi connectivity index (χ3n) is 2.17. The maximum atomic E-state index is 11.5. The fourth-order valence-corrected chi connectivity index (χ4v) is 0.961. The lowest BCUT2D eigenvalue weighted by Crippen LogP contribution is -2.34. The zero-order valence-corrected chi connectivity index (χ0v) is 8.69. The predicted molar refractivity (Wildman–Crippen MR) is 54.7 cm³/mol. The molecule has 0 aromatic carbocycles. The molecule has 1 aromatic rings. The highest BCUT2D eigenvalue weighted by atomic mass is 16.2. The summed E-state index contributed by atoms with van der Waals surface area (Å²) in [5.74, 6) is 0.251. The molecule has 3 N–H and O–H groups in total. The van der Waals surface area contributed by atoms with Crippen molar-refractivity contribution in [1.29, 1.82) is 0 Å². The molecule has 2 atom stereocenters. The topological polar surface area (TPSA) is 72.9 Å². The molecule has 2 unspecified atom stereocenters. The lowest BCUT2D eigenvalue weighted by Gasteiger charge is -2.13. The first kappa shape index (κ1) is 10.7. The number of hydrogen-bond donors (Lipinski definition) is 2. The summed E-state index contributed by atoms with van der Waals surface area (Å²) >= 11 is 0. The van der Waals surface area contributed by atoms with E-state index in [1.54, 1.807) is 30.9 Å². The standard InChI is InChI=1S/C9H16N4O/c1-6(7(2)10)9(14)11-8-4-5-13(3)12-8/h4-7H,10H2,1-3H3,(H,11,12,14). The van der Waals surface area contributed by atoms with Crippen LogP contribution < -0.4 is 11.1 Å². The molecule has 0 saturated heterocycles. The maximum Gasteiger partial charge on any atom is 0.229 e. The van der Waals surface area contributed by atoms with E-state index in [4.69, 9.17) is 5.73 Å². The van der Waals surface area contributed by atoms with Crippen LogP contribution in [0.15, 0.2) is 12.3 Å². The van der Waals surface area contributed by atoms with Gasteiger partial charge in [-0.25, -0.2) is 0 Å². The summed E-state index contributed by atoms with van der Waals surface area (Å²) in [4.78, 5) is 11.5. The van der Waals surface area contributed by atoms with Crippen LogP contribution >= 0.6 is 0 Å². The number of carbonyl (C=O) groups excluding carboxylic acids is 1. The summed E-state index contributed by atoms with van der Waals surface area (Å²) in [7, 11) is 1.80. The van der Waals surface area contributed by atoms with E-state index >= 15 is 0 Å². The van der Waals surface area contributed by atoms with Gasteiger partial charge in [0, 0.05) is 25.4 Å². The highest BCUT2D eigenvalue weighted by Gasteiger charge is 2.17. The van der Waals surface area contributed by atoms with Crippen molar-refractivity contribution < 1.29 is 4.79 Å². The lowest BCUT2D eigenvalue weighted by molar-refractivity contribution is -0.119. The van der Waals surface area contributed by atoms with Crippen molar-refractivity contribution in [2.24, 2.45) is 18.7 Å². The summed E-state index contributed by atoms with van der Waals surface area (Å²) in [6.07, 6.45) is 1.77. The molecule has 0 aliphatic carbocycles. The Morgan fingerprint density at radius 1 is 1.64 bits per heavy atom. The van der Waals surface area contributed by atoms with E-state index in [0.717, 1.165) is 0 Å². The third kappa shape index (κ3) is 2.56. The molecule has 0 aliphatic rings. The first-order valence-corrected chi connectivity index (χ1v) is 4.57. The summed E-state index contributed by atoms with van der Waals surface area (Å²) in [6, 6.07) is 1.59. The average molecular weight is 196 g/mol. The average Bonchev–Trinajstić information content (AvgIpc) is 2.49. The quantitative estimate of drug-likeness (QED) is 0.732. The minimum Gasteiger partial charge on any atom is -0.327 e. The fourth-order valence-electron chi connectivity index (χ4n) is 0.961. The van der Waals surface area contributed by atoms with Crippen LogP contribution in [-0.2, 0) is 11.8 Å². The van der Waals surface area contributed by atoms with Crippen LogP contribution in [-0.4, -0.2) is 21.7 Å². The van der Waals surface area contributed by atoms with Crippen molar-refractivity contribution in [3.05, 3.63) is 12.3 Å². The van der Waals surface area contributed by atoms with Crippen LogP contribution in [0, 0.1) is 5.92 Å². The number of aromatic nitrogens is 2. The van der Waals surface area contributed by atoms with Gasteiger partial charge >= 0.3 is 0 Å². The molecule has 1 heterocycles. The van der Waals surface area contributed by atoms with Crippen molar-refractivity contribution in [3.63, 3.8) is 0 Å². The first-order chi connectivity index (χ1) is 6.50. The monoisotopic (exact) mass is 196 g/mol. The van der Waals surface area contributed by atoms with E-state index in [-0.39, 0.29) is 17.9 Å². The Morgan fingerprint density at radius 2 is 2.29 bits per heavy atom. The number of nitrogens with zero attached hydrogens (tertiary/aromatic N) is 2. The third-order valence-corrected chi connectivity index (χ3v) is 2.17. The predicted octanol–water partition coefficient (Wildman–Crippen LogP) is 0.342. The number of carbonyl (C=O) groups is 1. The van der Waals surface area contributed by atoms with Gasteiger partial charge in [0.1, 0.15) is 0 Å². The molecule has 14 heavy (non-hydrogen) atoms. The second-order valence-electron chi connectivity index (χ2n) is 3.51. The Balaban J connectivity index is 2.57. The molecule has 0 bridgehead atoms. The molecule has 0 spiro atoms. The molecule has 0 saturated carbocycles. The van der Waals surface area contributed by atoms with Crippen molar-refractivity contribution in [2.75, 3.05) is 5.32 Å². The van der Waals surface area contributed by atoms with Gasteiger partial charge in [-0.15, -0.1) is 0 Å². The minimum absolute atomic E-state index is 0.0984. The van der Waals surface area contributed by atoms with Crippen molar-refractivity contribution >= 4 is 11.7 Å². The van der Waals surface area contributed by atoms with Gasteiger partial charge in [-0.1, -0.05) is 6.92 Å². The van der Waals surface area contributed by atoms with Gasteiger partial charge in [0.05, 0.1) is 5.92 Å². The number of hydrogen-bond acceptors (Lipinski definition) is 3. The van der Waals surface area contributed by atoms with Gasteiger partial charge in [0.15, 0.2) is 5.82 Å². The number of amides is 1. The highest BCUT2D eigenvalue weighted by molar-refractivity contribution is 5.91. The second-order valence-corrected chi connectivity index (χ2v) is 3.51. The zero-order chi connectivity index (χ0) is 10.7. The molecule has 1 amide bonds. The Kier molecular flexibility index (Phi) is 3.24. The van der Waals surface area contributed by atoms with E-state index in [2.05, 4.69) is 10.4 Å². The molecule has 5 heteroatoms. The number of aryl methyl sites for hydroxylation is 1. The van der Waals surface area contributed by atoms with Gasteiger partial charge in [0.2, 0.25) is 5.91 Å². The summed E-state index contributed by atoms with van der Waals surface area (Å²) in [5.41, 5.74) is 5.61. The van der Waals surface area contributed by atoms with E-state index in [0.29, 0.717) is 5.82 Å². The molecular weight excluding hydrogens is 180 g/mol. The fraction of sp³-hybridized carbons (Fsp3) is 0.556. The molecular formula is C9H16N4O. The van der Waals surface area contributed by atoms with E-state index in [9.17, 15) is 4.79 Å². The summed E-state index contributed by atoms with van der Waals surface area (Å²) < 4.78 is 1.63. The van der Waals surface area contributed by atoms with Gasteiger partial charge in [-0.3, -0.25) is 9.48 Å². The zero-order valence-electron chi connectivity index (χ0n) is 8.69. The van der Waals surface area contributed by atoms with Crippen LogP contribution in [0.4, 0.5) is 5.82 Å². The van der Waals surface area contributed by atoms with Gasteiger partial charge < -0.3 is 11.1 Å². The Labute approximate surface area is 83.3 Å². The number of rotatable bonds is 3. The van der Waals surface area contributed by atoms with E-state index in [1.165, 1.54) is 0 Å². The number of anilines is 1. The van der Waals surface area contributed by atoms with Gasteiger partial charge in [-0.2, -0.15) is 5.10 Å². The first-order valence-electron chi connectivity index (χ1n) is 4.57. The van der Waals surface area contributed by atoms with Gasteiger partial charge in [0.25, 0.3) is 0 Å². The van der Waals surface area contributed by atoms with Crippen LogP contribution in [0.2, 0.25) is 0 Å². The smallest absolute Gasteiger partial charge is 0.229 e. The molecule has 0 radical (unpaired) electrons. The van der Waals surface area contributed by atoms with Crippen molar-refractivity contribution in [3.8, 4) is 0 Å². The van der Waals surface area contributed by atoms with Crippen LogP contribution in [0.3, 0.4) is 0 Å². The summed E-state index contributed by atoms with van der Waals surface area (Å²) in [6.45, 7) is 3.60. The number of nitrogens with one attached hydrogen (secondary N) is 1. The van der Waals surface area contributed by atoms with Crippen molar-refractivity contribution in [1.82, 2.24) is 9.78 Å². The molecule has 1 aromatic heterocycles. The van der Waals surface area contributed by atoms with Crippen molar-refractivity contribution in [2.45, 2.75) is 19.9 Å². The van der Waals surface area contributed by atoms with E-state index < -0.39 is 0 Å². The highest BCUT2D eigenvalue weighted by Crippen LogP contribution is 2.06. The molecule has 5 nitrogen and oxygen atoms in total. The molecule has 0 fully saturated rings. The molecule has 1 rings (SSSR count). The lowest BCUT2D eigenvalue weighted by atomic mass is 10.0. The Morgan fingerprint density at radius 3 is 2.71 bits per heavy atom. The van der Waals surface area contributed by atoms with Crippen LogP contribution in [0.1, 0.15) is 13.8 Å². The van der Waals surface area contributed by atoms with E-state index in [1.807, 2.05) is 6.92 Å². The summed E-state index contributed by atoms with van der Waals surface area (Å²) in [5, 5.41) is 6.73. The number of nitrogens with two attached hydrogens (primary N) is 1. The Hall–Kier alpha value is -1.36. The Bertz CT molecular complexity index is 318. The largest absolute Gasteiger partial charge is 0.327 e.